The van der Waals surface area contributed by atoms with Gasteiger partial charge in [0.1, 0.15) is 0 Å². The molecule has 4 nitrogen and oxygen atoms in total. The first-order valence-corrected chi connectivity index (χ1v) is 8.47. The Labute approximate surface area is 144 Å². The number of carbonyl (C=O) groups is 2. The molecule has 0 fully saturated rings. The van der Waals surface area contributed by atoms with Crippen molar-refractivity contribution in [2.24, 2.45) is 0 Å². The summed E-state index contributed by atoms with van der Waals surface area (Å²) in [4.78, 5) is 22.5. The fraction of sp³-hybridized carbons (Fsp3) is 0.400. The highest BCUT2D eigenvalue weighted by molar-refractivity contribution is 5.87. The minimum Gasteiger partial charge on any atom is -0.469 e. The standard InChI is InChI=1S/C20H27NO3/c1-24-20(23)16-8-3-2-4-11-17-21-19(22)15-10-9-14-18-12-6-5-7-13-18/h5-7,9-10,12-15H,2-4,8,11,16-17H2,1H3,(H,21,22)/b14-9+,15-10+. The summed E-state index contributed by atoms with van der Waals surface area (Å²) in [7, 11) is 1.41. The Morgan fingerprint density at radius 1 is 1.00 bits per heavy atom. The van der Waals surface area contributed by atoms with Gasteiger partial charge in [0.05, 0.1) is 7.11 Å². The van der Waals surface area contributed by atoms with E-state index in [1.807, 2.05) is 42.5 Å². The first-order valence-electron chi connectivity index (χ1n) is 8.47. The van der Waals surface area contributed by atoms with Crippen LogP contribution in [0.2, 0.25) is 0 Å². The minimum absolute atomic E-state index is 0.0709. The number of methoxy groups -OCH3 is 1. The molecule has 1 aromatic carbocycles. The predicted octanol–water partition coefficient (Wildman–Crippen LogP) is 3.89. The lowest BCUT2D eigenvalue weighted by molar-refractivity contribution is -0.140. The Morgan fingerprint density at radius 3 is 2.46 bits per heavy atom. The van der Waals surface area contributed by atoms with Crippen LogP contribution < -0.4 is 5.32 Å². The highest BCUT2D eigenvalue weighted by atomic mass is 16.5. The van der Waals surface area contributed by atoms with Gasteiger partial charge in [-0.05, 0) is 18.4 Å². The third-order valence-electron chi connectivity index (χ3n) is 3.53. The third kappa shape index (κ3) is 10.4. The molecular formula is C20H27NO3. The molecule has 4 heteroatoms. The van der Waals surface area contributed by atoms with Crippen LogP contribution in [0.5, 0.6) is 0 Å². The quantitative estimate of drug-likeness (QED) is 0.290. The van der Waals surface area contributed by atoms with Crippen LogP contribution in [0.3, 0.4) is 0 Å². The number of esters is 1. The smallest absolute Gasteiger partial charge is 0.305 e. The van der Waals surface area contributed by atoms with Crippen LogP contribution >= 0.6 is 0 Å². The monoisotopic (exact) mass is 329 g/mol. The van der Waals surface area contributed by atoms with E-state index in [1.54, 1.807) is 6.08 Å². The van der Waals surface area contributed by atoms with E-state index in [4.69, 9.17) is 0 Å². The van der Waals surface area contributed by atoms with Crippen molar-refractivity contribution in [2.75, 3.05) is 13.7 Å². The number of ether oxygens (including phenoxy) is 1. The van der Waals surface area contributed by atoms with Crippen molar-refractivity contribution in [3.63, 3.8) is 0 Å². The normalized spacial score (nSPS) is 11.0. The number of unbranched alkanes of at least 4 members (excludes halogenated alkanes) is 4. The zero-order chi connectivity index (χ0) is 17.5. The lowest BCUT2D eigenvalue weighted by atomic mass is 10.1. The molecule has 0 heterocycles. The Morgan fingerprint density at radius 2 is 1.71 bits per heavy atom. The summed E-state index contributed by atoms with van der Waals surface area (Å²) < 4.78 is 4.59. The molecule has 0 atom stereocenters. The van der Waals surface area contributed by atoms with Gasteiger partial charge in [0.25, 0.3) is 0 Å². The van der Waals surface area contributed by atoms with Crippen LogP contribution in [0.1, 0.15) is 44.1 Å². The number of hydrogen-bond donors (Lipinski definition) is 1. The maximum absolute atomic E-state index is 11.6. The molecule has 0 unspecified atom stereocenters. The van der Waals surface area contributed by atoms with Crippen molar-refractivity contribution in [1.29, 1.82) is 0 Å². The van der Waals surface area contributed by atoms with Crippen LogP contribution in [0.15, 0.2) is 48.6 Å². The second-order valence-corrected chi connectivity index (χ2v) is 5.51. The van der Waals surface area contributed by atoms with Gasteiger partial charge < -0.3 is 10.1 Å². The fourth-order valence-electron chi connectivity index (χ4n) is 2.17. The first-order chi connectivity index (χ1) is 11.7. The second-order valence-electron chi connectivity index (χ2n) is 5.51. The number of carbonyl (C=O) groups excluding carboxylic acids is 2. The van der Waals surface area contributed by atoms with E-state index in [-0.39, 0.29) is 11.9 Å². The average molecular weight is 329 g/mol. The number of allylic oxidation sites excluding steroid dienone is 2. The molecule has 0 aromatic heterocycles. The Hall–Kier alpha value is -2.36. The summed E-state index contributed by atoms with van der Waals surface area (Å²) in [5.41, 5.74) is 1.11. The van der Waals surface area contributed by atoms with E-state index in [2.05, 4.69) is 10.1 Å². The fourth-order valence-corrected chi connectivity index (χ4v) is 2.17. The predicted molar refractivity (Wildman–Crippen MR) is 97.3 cm³/mol. The zero-order valence-corrected chi connectivity index (χ0v) is 14.4. The second kappa shape index (κ2) is 13.1. The van der Waals surface area contributed by atoms with Crippen LogP contribution in [0.25, 0.3) is 6.08 Å². The van der Waals surface area contributed by atoms with Crippen LogP contribution in [0, 0.1) is 0 Å². The molecule has 0 spiro atoms. The van der Waals surface area contributed by atoms with Gasteiger partial charge in [0.15, 0.2) is 0 Å². The average Bonchev–Trinajstić information content (AvgIpc) is 2.61. The molecule has 0 aliphatic heterocycles. The van der Waals surface area contributed by atoms with Gasteiger partial charge in [-0.1, -0.05) is 67.8 Å². The topological polar surface area (TPSA) is 55.4 Å². The summed E-state index contributed by atoms with van der Waals surface area (Å²) >= 11 is 0. The van der Waals surface area contributed by atoms with Gasteiger partial charge in [0, 0.05) is 19.0 Å². The van der Waals surface area contributed by atoms with Gasteiger partial charge in [-0.2, -0.15) is 0 Å². The zero-order valence-electron chi connectivity index (χ0n) is 14.4. The van der Waals surface area contributed by atoms with Gasteiger partial charge in [-0.15, -0.1) is 0 Å². The van der Waals surface area contributed by atoms with Crippen molar-refractivity contribution in [3.8, 4) is 0 Å². The van der Waals surface area contributed by atoms with Gasteiger partial charge in [-0.25, -0.2) is 0 Å². The SMILES string of the molecule is COC(=O)CCCCCCCNC(=O)/C=C/C=C/c1ccccc1. The molecule has 1 amide bonds. The third-order valence-corrected chi connectivity index (χ3v) is 3.53. The number of nitrogens with one attached hydrogen (secondary N) is 1. The molecule has 24 heavy (non-hydrogen) atoms. The van der Waals surface area contributed by atoms with Crippen LogP contribution in [0.4, 0.5) is 0 Å². The molecule has 0 radical (unpaired) electrons. The van der Waals surface area contributed by atoms with E-state index < -0.39 is 0 Å². The number of benzene rings is 1. The Kier molecular flexibility index (Phi) is 10.8. The maximum Gasteiger partial charge on any atom is 0.305 e. The van der Waals surface area contributed by atoms with Crippen molar-refractivity contribution in [2.45, 2.75) is 38.5 Å². The summed E-state index contributed by atoms with van der Waals surface area (Å²) in [6.07, 6.45) is 12.6. The molecule has 1 rings (SSSR count). The van der Waals surface area contributed by atoms with E-state index in [0.717, 1.165) is 37.7 Å². The minimum atomic E-state index is -0.143. The van der Waals surface area contributed by atoms with Crippen molar-refractivity contribution >= 4 is 18.0 Å². The number of amides is 1. The van der Waals surface area contributed by atoms with Gasteiger partial charge >= 0.3 is 5.97 Å². The number of rotatable bonds is 11. The summed E-state index contributed by atoms with van der Waals surface area (Å²) in [6.45, 7) is 0.683. The van der Waals surface area contributed by atoms with Crippen molar-refractivity contribution in [3.05, 3.63) is 54.1 Å². The van der Waals surface area contributed by atoms with Crippen LogP contribution in [-0.2, 0) is 14.3 Å². The van der Waals surface area contributed by atoms with Gasteiger partial charge in [-0.3, -0.25) is 9.59 Å². The van der Waals surface area contributed by atoms with E-state index in [0.29, 0.717) is 13.0 Å². The van der Waals surface area contributed by atoms with E-state index in [1.165, 1.54) is 13.2 Å². The molecule has 0 bridgehead atoms. The van der Waals surface area contributed by atoms with Crippen molar-refractivity contribution in [1.82, 2.24) is 5.32 Å². The van der Waals surface area contributed by atoms with E-state index in [9.17, 15) is 9.59 Å². The largest absolute Gasteiger partial charge is 0.469 e. The summed E-state index contributed by atoms with van der Waals surface area (Å²) in [6, 6.07) is 9.95. The molecule has 1 aromatic rings. The van der Waals surface area contributed by atoms with Crippen molar-refractivity contribution < 1.29 is 14.3 Å². The Bertz CT molecular complexity index is 535. The molecular weight excluding hydrogens is 302 g/mol. The van der Waals surface area contributed by atoms with Gasteiger partial charge in [0.2, 0.25) is 5.91 Å². The highest BCUT2D eigenvalue weighted by Gasteiger charge is 1.99. The lowest BCUT2D eigenvalue weighted by Gasteiger charge is -2.02. The Balaban J connectivity index is 2.01. The summed E-state index contributed by atoms with van der Waals surface area (Å²) in [5, 5.41) is 2.87. The molecule has 0 saturated carbocycles. The molecule has 0 saturated heterocycles. The molecule has 0 aliphatic carbocycles. The highest BCUT2D eigenvalue weighted by Crippen LogP contribution is 2.05. The number of hydrogen-bond acceptors (Lipinski definition) is 3. The van der Waals surface area contributed by atoms with E-state index >= 15 is 0 Å². The van der Waals surface area contributed by atoms with Crippen LogP contribution in [-0.4, -0.2) is 25.5 Å². The molecule has 130 valence electrons. The first kappa shape index (κ1) is 19.7. The molecule has 0 aliphatic rings. The summed E-state index contributed by atoms with van der Waals surface area (Å²) in [5.74, 6) is -0.214. The maximum atomic E-state index is 11.6. The lowest BCUT2D eigenvalue weighted by Crippen LogP contribution is -2.21. The molecule has 1 N–H and O–H groups in total.